The molecule has 0 saturated heterocycles. The van der Waals surface area contributed by atoms with Gasteiger partial charge in [0.2, 0.25) is 0 Å². The molecule has 0 N–H and O–H groups in total. The van der Waals surface area contributed by atoms with Crippen LogP contribution in [0.15, 0.2) is 508 Å². The molecule has 5 aliphatic rings. The van der Waals surface area contributed by atoms with E-state index in [9.17, 15) is 4.39 Å². The Hall–Kier alpha value is -19.4. The van der Waals surface area contributed by atoms with E-state index in [1.54, 1.807) is 0 Å². The van der Waals surface area contributed by atoms with Crippen molar-refractivity contribution in [2.45, 2.75) is 38.5 Å². The van der Waals surface area contributed by atoms with Crippen molar-refractivity contribution in [3.63, 3.8) is 0 Å². The van der Waals surface area contributed by atoms with E-state index >= 15 is 0 Å². The van der Waals surface area contributed by atoms with E-state index < -0.39 is 0 Å². The third-order valence-corrected chi connectivity index (χ3v) is 29.8. The fourth-order valence-corrected chi connectivity index (χ4v) is 22.2. The zero-order valence-electron chi connectivity index (χ0n) is 82.4. The van der Waals surface area contributed by atoms with Gasteiger partial charge in [-0.1, -0.05) is 301 Å². The predicted octanol–water partition coefficient (Wildman–Crippen LogP) is 39.2. The van der Waals surface area contributed by atoms with Crippen LogP contribution in [0.25, 0.3) is 127 Å². The SMILES string of the molecule is CC1(C)c2ccccc2-c2ccc(N(c3ccc(-c4ccc(F)cc4)cc3)c3ccc(-c4ccc5c(c4)Oc4ccccc4O5)cc3)cc21.CC1(C)c2ccccc2-c2ccc(N(c3ccc(-c4ccc5c(c4)Oc4ccccc4O5)cc3)c3ccc4c(c3)oc3ccccc34)cc21.c1ccc(-c2ccc(N(c3ccc(-c4ccc5c(c4)Oc4ccccc4O5)cc3)c3ccc4c(c3)c3ccccc3n4-c3ccccc3)cc2)cc1. The molecule has 22 aromatic carbocycles. The number of ether oxygens (including phenoxy) is 6. The van der Waals surface area contributed by atoms with E-state index in [0.717, 1.165) is 152 Å². The Morgan fingerprint density at radius 2 is 0.473 bits per heavy atom. The van der Waals surface area contributed by atoms with Crippen LogP contribution in [0.3, 0.4) is 0 Å². The first-order valence-electron chi connectivity index (χ1n) is 50.7. The maximum atomic E-state index is 13.6. The van der Waals surface area contributed by atoms with Gasteiger partial charge in [0, 0.05) is 95.3 Å². The molecule has 716 valence electrons. The second-order valence-electron chi connectivity index (χ2n) is 39.5. The number of para-hydroxylation sites is 9. The van der Waals surface area contributed by atoms with E-state index in [1.807, 2.05) is 127 Å². The van der Waals surface area contributed by atoms with Crippen molar-refractivity contribution in [1.82, 2.24) is 4.57 Å². The minimum atomic E-state index is -0.238. The summed E-state index contributed by atoms with van der Waals surface area (Å²) in [4.78, 5) is 6.97. The number of furan rings is 1. The smallest absolute Gasteiger partial charge is 0.170 e. The second-order valence-corrected chi connectivity index (χ2v) is 39.5. The van der Waals surface area contributed by atoms with Crippen LogP contribution in [0.4, 0.5) is 55.6 Å². The molecule has 0 radical (unpaired) electrons. The van der Waals surface area contributed by atoms with Gasteiger partial charge < -0.3 is 52.1 Å². The molecule has 150 heavy (non-hydrogen) atoms. The number of fused-ring (bicyclic) bond motifs is 18. The fourth-order valence-electron chi connectivity index (χ4n) is 22.2. The summed E-state index contributed by atoms with van der Waals surface area (Å²) < 4.78 is 59.2. The van der Waals surface area contributed by atoms with Gasteiger partial charge in [-0.25, -0.2) is 4.39 Å². The summed E-state index contributed by atoms with van der Waals surface area (Å²) in [5.74, 6) is 8.35. The van der Waals surface area contributed by atoms with E-state index in [2.05, 4.69) is 411 Å². The Labute approximate surface area is 868 Å². The van der Waals surface area contributed by atoms with Crippen LogP contribution in [-0.2, 0) is 10.8 Å². The van der Waals surface area contributed by atoms with Crippen molar-refractivity contribution >= 4 is 94.9 Å². The van der Waals surface area contributed by atoms with Gasteiger partial charge in [-0.3, -0.25) is 0 Å². The lowest BCUT2D eigenvalue weighted by Gasteiger charge is -2.28. The lowest BCUT2D eigenvalue weighted by Crippen LogP contribution is -2.16. The zero-order chi connectivity index (χ0) is 100. The molecule has 2 aromatic heterocycles. The molecule has 12 heteroatoms. The Kier molecular flexibility index (Phi) is 21.9. The van der Waals surface area contributed by atoms with Crippen LogP contribution in [0.5, 0.6) is 69.0 Å². The van der Waals surface area contributed by atoms with Crippen LogP contribution in [-0.4, -0.2) is 4.57 Å². The summed E-state index contributed by atoms with van der Waals surface area (Å²) in [6.45, 7) is 9.27. The maximum Gasteiger partial charge on any atom is 0.170 e. The molecule has 0 spiro atoms. The molecule has 5 heterocycles. The average Bonchev–Trinajstić information content (AvgIpc) is 1.58. The first-order chi connectivity index (χ1) is 73.7. The molecule has 0 unspecified atom stereocenters. The van der Waals surface area contributed by atoms with Gasteiger partial charge in [0.1, 0.15) is 17.0 Å². The Balaban J connectivity index is 0.000000111. The molecule has 0 amide bonds. The van der Waals surface area contributed by atoms with E-state index in [4.69, 9.17) is 32.8 Å². The topological polar surface area (TPSA) is 83.2 Å². The number of anilines is 9. The van der Waals surface area contributed by atoms with Crippen LogP contribution in [0, 0.1) is 5.82 Å². The van der Waals surface area contributed by atoms with Gasteiger partial charge in [0.15, 0.2) is 69.0 Å². The monoisotopic (exact) mass is 1940 g/mol. The first kappa shape index (κ1) is 89.4. The Bertz CT molecular complexity index is 9390. The minimum Gasteiger partial charge on any atom is -0.456 e. The van der Waals surface area contributed by atoms with Crippen molar-refractivity contribution in [3.8, 4) is 153 Å². The van der Waals surface area contributed by atoms with E-state index in [1.165, 1.54) is 89.6 Å². The van der Waals surface area contributed by atoms with Gasteiger partial charge in [-0.2, -0.15) is 0 Å². The maximum absolute atomic E-state index is 13.6. The summed E-state index contributed by atoms with van der Waals surface area (Å²) in [5, 5.41) is 4.66. The highest BCUT2D eigenvalue weighted by atomic mass is 19.1. The van der Waals surface area contributed by atoms with Crippen LogP contribution < -0.4 is 43.1 Å². The molecule has 2 aliphatic carbocycles. The lowest BCUT2D eigenvalue weighted by atomic mass is 9.82. The Morgan fingerprint density at radius 1 is 0.187 bits per heavy atom. The minimum absolute atomic E-state index is 0.112. The highest BCUT2D eigenvalue weighted by Gasteiger charge is 2.39. The van der Waals surface area contributed by atoms with Gasteiger partial charge >= 0.3 is 0 Å². The molecule has 29 rings (SSSR count). The van der Waals surface area contributed by atoms with Gasteiger partial charge in [-0.15, -0.1) is 0 Å². The molecular weight excluding hydrogens is 1840 g/mol. The van der Waals surface area contributed by atoms with Crippen molar-refractivity contribution < 1.29 is 37.2 Å². The summed E-state index contributed by atoms with van der Waals surface area (Å²) in [6.07, 6.45) is 0. The highest BCUT2D eigenvalue weighted by molar-refractivity contribution is 6.11. The second kappa shape index (κ2) is 36.7. The molecule has 0 atom stereocenters. The van der Waals surface area contributed by atoms with Gasteiger partial charge in [0.25, 0.3) is 0 Å². The molecule has 24 aromatic rings. The van der Waals surface area contributed by atoms with Crippen LogP contribution in [0.2, 0.25) is 0 Å². The third kappa shape index (κ3) is 16.1. The quantitative estimate of drug-likeness (QED) is 0.0990. The first-order valence-corrected chi connectivity index (χ1v) is 50.7. The number of benzene rings is 22. The summed E-state index contributed by atoms with van der Waals surface area (Å²) in [7, 11) is 0. The van der Waals surface area contributed by atoms with Crippen molar-refractivity contribution in [2.24, 2.45) is 0 Å². The molecule has 0 saturated carbocycles. The third-order valence-electron chi connectivity index (χ3n) is 29.8. The number of rotatable bonds is 15. The summed E-state index contributed by atoms with van der Waals surface area (Å²) >= 11 is 0. The Morgan fingerprint density at radius 3 is 0.913 bits per heavy atom. The van der Waals surface area contributed by atoms with Crippen molar-refractivity contribution in [3.05, 3.63) is 532 Å². The largest absolute Gasteiger partial charge is 0.456 e. The summed E-state index contributed by atoms with van der Waals surface area (Å²) in [5.41, 5.74) is 36.0. The zero-order valence-corrected chi connectivity index (χ0v) is 82.4. The molecule has 11 nitrogen and oxygen atoms in total. The highest BCUT2D eigenvalue weighted by Crippen LogP contribution is 2.57. The van der Waals surface area contributed by atoms with Gasteiger partial charge in [-0.05, 0) is 325 Å². The van der Waals surface area contributed by atoms with Gasteiger partial charge in [0.05, 0.1) is 11.0 Å². The predicted molar refractivity (Wildman–Crippen MR) is 607 cm³/mol. The number of nitrogens with zero attached hydrogens (tertiary/aromatic N) is 4. The normalized spacial score (nSPS) is 12.9. The molecule has 0 fully saturated rings. The van der Waals surface area contributed by atoms with E-state index in [0.29, 0.717) is 40.2 Å². The molecule has 3 aliphatic heterocycles. The number of hydrogen-bond acceptors (Lipinski definition) is 10. The van der Waals surface area contributed by atoms with Crippen molar-refractivity contribution in [2.75, 3.05) is 14.7 Å². The average molecular weight is 1940 g/mol. The molecular formula is C138H95FN4O7. The van der Waals surface area contributed by atoms with Crippen LogP contribution in [0.1, 0.15) is 49.9 Å². The lowest BCUT2D eigenvalue weighted by molar-refractivity contribution is 0.360. The van der Waals surface area contributed by atoms with E-state index in [-0.39, 0.29) is 16.6 Å². The van der Waals surface area contributed by atoms with Crippen molar-refractivity contribution in [1.29, 1.82) is 0 Å². The fraction of sp³-hybridized carbons (Fsp3) is 0.0435. The molecule has 0 bridgehead atoms. The number of aromatic nitrogens is 1. The van der Waals surface area contributed by atoms with Crippen LogP contribution >= 0.6 is 0 Å². The summed E-state index contributed by atoms with van der Waals surface area (Å²) in [6, 6.07) is 174. The standard InChI is InChI=1S/C48H32N2O2.C45H32FNO2.C45H31NO3/c1-3-11-33(12-4-1)34-19-24-38(25-20-34)49(40-28-29-44-42(32-40)41-15-7-8-16-43(41)50(44)37-13-5-2-6-14-37)39-26-21-35(22-27-39)36-23-30-47-48(31-36)52-46-18-10-9-17-45(46)51-47;1-45(2)39-8-4-3-7-37(39)38-25-24-36(28-40(38)45)47(34-20-13-30(14-21-34)29-11-18-33(46)19-12-29)35-22-15-31(16-23-35)32-17-26-43-44(27-32)49-42-10-6-5-9-41(42)48-43;1-45(2)37-11-5-3-9-33(37)34-22-20-31(26-38(34)45)46(32-21-23-36-35-10-4-6-12-39(35)47-43(36)27-32)30-18-15-28(16-19-30)29-17-24-42-44(25-29)49-41-14-8-7-13-40(41)48-42/h1-32H;3-28H,1-2H3;3-27H,1-2H3. The number of halogens is 1. The number of hydrogen-bond donors (Lipinski definition) is 0.